The molecule has 0 aliphatic rings. The fourth-order valence-electron chi connectivity index (χ4n) is 2.40. The van der Waals surface area contributed by atoms with Crippen LogP contribution in [0.3, 0.4) is 0 Å². The Labute approximate surface area is 130 Å². The molecule has 0 N–H and O–H groups in total. The molecule has 6 nitrogen and oxygen atoms in total. The van der Waals surface area contributed by atoms with Crippen molar-refractivity contribution in [1.29, 1.82) is 0 Å². The van der Waals surface area contributed by atoms with Gasteiger partial charge in [-0.3, -0.25) is 4.68 Å². The van der Waals surface area contributed by atoms with Crippen molar-refractivity contribution in [3.8, 4) is 0 Å². The van der Waals surface area contributed by atoms with Crippen molar-refractivity contribution in [3.63, 3.8) is 0 Å². The van der Waals surface area contributed by atoms with Crippen LogP contribution in [0, 0.1) is 0 Å². The second-order valence-electron chi connectivity index (χ2n) is 5.07. The normalized spacial score (nSPS) is 14.0. The van der Waals surface area contributed by atoms with E-state index in [4.69, 9.17) is 11.6 Å². The average Bonchev–Trinajstić information content (AvgIpc) is 2.95. The molecule has 0 fully saturated rings. The Morgan fingerprint density at radius 3 is 2.52 bits per heavy atom. The second kappa shape index (κ2) is 5.96. The molecule has 0 amide bonds. The molecule has 0 saturated heterocycles. The molecule has 8 heteroatoms. The number of rotatable bonds is 6. The Kier molecular flexibility index (Phi) is 4.63. The highest BCUT2D eigenvalue weighted by Crippen LogP contribution is 2.26. The Morgan fingerprint density at radius 1 is 1.33 bits per heavy atom. The Balaban J connectivity index is 2.53. The fraction of sp³-hybridized carbons (Fsp3) is 0.692. The summed E-state index contributed by atoms with van der Waals surface area (Å²) in [6, 6.07) is 0. The smallest absolute Gasteiger partial charge is 0.158 e. The predicted molar refractivity (Wildman–Crippen MR) is 84.5 cm³/mol. The first-order valence-corrected chi connectivity index (χ1v) is 9.33. The summed E-state index contributed by atoms with van der Waals surface area (Å²) in [6.07, 6.45) is 0.776. The quantitative estimate of drug-likeness (QED) is 0.759. The molecule has 2 heterocycles. The van der Waals surface area contributed by atoms with E-state index in [1.54, 1.807) is 11.6 Å². The van der Waals surface area contributed by atoms with Gasteiger partial charge in [0.2, 0.25) is 0 Å². The number of hydrogen-bond donors (Lipinski definition) is 0. The van der Waals surface area contributed by atoms with E-state index in [0.717, 1.165) is 23.3 Å². The van der Waals surface area contributed by atoms with Crippen LogP contribution in [0.2, 0.25) is 0 Å². The number of nitrogens with zero attached hydrogens (tertiary/aromatic N) is 4. The Hall–Kier alpha value is -1.08. The van der Waals surface area contributed by atoms with Crippen LogP contribution in [-0.2, 0) is 29.9 Å². The van der Waals surface area contributed by atoms with E-state index in [1.807, 2.05) is 25.5 Å². The number of aryl methyl sites for hydroxylation is 3. The SMILES string of the molecule is CCc1nn(C)c2c1nc(C(C)Cl)n2CCS(=O)(=O)CC. The zero-order valence-electron chi connectivity index (χ0n) is 12.8. The standard InChI is InChI=1S/C13H21ClN4O2S/c1-5-10-11-13(17(4)16-10)18(12(15-11)9(3)14)7-8-21(19,20)6-2/h9H,5-8H2,1-4H3. The molecule has 1 unspecified atom stereocenters. The lowest BCUT2D eigenvalue weighted by molar-refractivity contribution is 0.586. The van der Waals surface area contributed by atoms with Crippen LogP contribution in [-0.4, -0.2) is 39.3 Å². The zero-order valence-corrected chi connectivity index (χ0v) is 14.4. The lowest BCUT2D eigenvalue weighted by Crippen LogP contribution is -2.17. The van der Waals surface area contributed by atoms with Crippen molar-refractivity contribution in [2.75, 3.05) is 11.5 Å². The molecule has 2 aromatic rings. The van der Waals surface area contributed by atoms with Gasteiger partial charge in [0.1, 0.15) is 11.3 Å². The second-order valence-corrected chi connectivity index (χ2v) is 8.20. The number of halogens is 1. The van der Waals surface area contributed by atoms with Crippen molar-refractivity contribution in [2.45, 2.75) is 39.1 Å². The van der Waals surface area contributed by atoms with Crippen molar-refractivity contribution >= 4 is 32.6 Å². The van der Waals surface area contributed by atoms with Crippen molar-refractivity contribution in [1.82, 2.24) is 19.3 Å². The third-order valence-corrected chi connectivity index (χ3v) is 5.46. The summed E-state index contributed by atoms with van der Waals surface area (Å²) in [7, 11) is -1.20. The van der Waals surface area contributed by atoms with Crippen LogP contribution < -0.4 is 0 Å². The summed E-state index contributed by atoms with van der Waals surface area (Å²) >= 11 is 6.21. The van der Waals surface area contributed by atoms with Gasteiger partial charge in [-0.1, -0.05) is 13.8 Å². The fourth-order valence-corrected chi connectivity index (χ4v) is 3.31. The van der Waals surface area contributed by atoms with Gasteiger partial charge in [-0.2, -0.15) is 5.10 Å². The number of hydrogen-bond acceptors (Lipinski definition) is 4. The maximum Gasteiger partial charge on any atom is 0.158 e. The average molecular weight is 333 g/mol. The summed E-state index contributed by atoms with van der Waals surface area (Å²) in [5.74, 6) is 0.918. The molecule has 0 bridgehead atoms. The molecule has 0 aliphatic carbocycles. The lowest BCUT2D eigenvalue weighted by Gasteiger charge is -2.10. The monoisotopic (exact) mass is 332 g/mol. The van der Waals surface area contributed by atoms with Gasteiger partial charge in [-0.05, 0) is 13.3 Å². The van der Waals surface area contributed by atoms with Gasteiger partial charge in [0.05, 0.1) is 16.8 Å². The largest absolute Gasteiger partial charge is 0.311 e. The molecule has 0 spiro atoms. The summed E-state index contributed by atoms with van der Waals surface area (Å²) < 4.78 is 27.2. The first-order valence-electron chi connectivity index (χ1n) is 7.07. The molecule has 0 radical (unpaired) electrons. The predicted octanol–water partition coefficient (Wildman–Crippen LogP) is 2.07. The molecule has 0 saturated carbocycles. The van der Waals surface area contributed by atoms with Gasteiger partial charge in [-0.25, -0.2) is 13.4 Å². The van der Waals surface area contributed by atoms with E-state index in [-0.39, 0.29) is 16.9 Å². The first-order chi connectivity index (χ1) is 9.80. The highest BCUT2D eigenvalue weighted by molar-refractivity contribution is 7.91. The van der Waals surface area contributed by atoms with Gasteiger partial charge in [0.25, 0.3) is 0 Å². The van der Waals surface area contributed by atoms with Gasteiger partial charge < -0.3 is 4.57 Å². The topological polar surface area (TPSA) is 69.8 Å². The van der Waals surface area contributed by atoms with Gasteiger partial charge >= 0.3 is 0 Å². The van der Waals surface area contributed by atoms with Gasteiger partial charge in [0.15, 0.2) is 15.5 Å². The third kappa shape index (κ3) is 3.08. The molecule has 0 aliphatic heterocycles. The van der Waals surface area contributed by atoms with E-state index in [1.165, 1.54) is 0 Å². The minimum atomic E-state index is -3.04. The highest BCUT2D eigenvalue weighted by atomic mass is 35.5. The van der Waals surface area contributed by atoms with Crippen LogP contribution >= 0.6 is 11.6 Å². The van der Waals surface area contributed by atoms with Crippen molar-refractivity contribution in [2.24, 2.45) is 7.05 Å². The molecule has 0 aromatic carbocycles. The van der Waals surface area contributed by atoms with Crippen molar-refractivity contribution < 1.29 is 8.42 Å². The Bertz CT molecular complexity index is 746. The maximum atomic E-state index is 11.8. The molecule has 2 rings (SSSR count). The van der Waals surface area contributed by atoms with E-state index < -0.39 is 9.84 Å². The summed E-state index contributed by atoms with van der Waals surface area (Å²) in [5.41, 5.74) is 2.56. The van der Waals surface area contributed by atoms with E-state index in [2.05, 4.69) is 10.1 Å². The van der Waals surface area contributed by atoms with E-state index in [0.29, 0.717) is 12.4 Å². The van der Waals surface area contributed by atoms with Gasteiger partial charge in [0, 0.05) is 19.3 Å². The van der Waals surface area contributed by atoms with Gasteiger partial charge in [-0.15, -0.1) is 11.6 Å². The van der Waals surface area contributed by atoms with Crippen molar-refractivity contribution in [3.05, 3.63) is 11.5 Å². The third-order valence-electron chi connectivity index (χ3n) is 3.58. The zero-order chi connectivity index (χ0) is 15.8. The number of sulfone groups is 1. The number of aromatic nitrogens is 4. The number of imidazole rings is 1. The molecular formula is C13H21ClN4O2S. The van der Waals surface area contributed by atoms with Crippen LogP contribution in [0.5, 0.6) is 0 Å². The summed E-state index contributed by atoms with van der Waals surface area (Å²) in [6.45, 7) is 5.86. The highest BCUT2D eigenvalue weighted by Gasteiger charge is 2.22. The molecule has 2 aromatic heterocycles. The number of alkyl halides is 1. The summed E-state index contributed by atoms with van der Waals surface area (Å²) in [4.78, 5) is 4.58. The van der Waals surface area contributed by atoms with Crippen LogP contribution in [0.25, 0.3) is 11.2 Å². The maximum absolute atomic E-state index is 11.8. The summed E-state index contributed by atoms with van der Waals surface area (Å²) in [5, 5.41) is 4.15. The minimum absolute atomic E-state index is 0.0816. The minimum Gasteiger partial charge on any atom is -0.311 e. The van der Waals surface area contributed by atoms with E-state index in [9.17, 15) is 8.42 Å². The molecule has 118 valence electrons. The lowest BCUT2D eigenvalue weighted by atomic mass is 10.3. The number of fused-ring (bicyclic) bond motifs is 1. The van der Waals surface area contributed by atoms with Crippen LogP contribution in [0.4, 0.5) is 0 Å². The molecule has 1 atom stereocenters. The van der Waals surface area contributed by atoms with Crippen LogP contribution in [0.1, 0.15) is 37.7 Å². The van der Waals surface area contributed by atoms with Crippen LogP contribution in [0.15, 0.2) is 0 Å². The first kappa shape index (κ1) is 16.3. The Morgan fingerprint density at radius 2 is 2.00 bits per heavy atom. The molecular weight excluding hydrogens is 312 g/mol. The van der Waals surface area contributed by atoms with E-state index >= 15 is 0 Å². The molecule has 21 heavy (non-hydrogen) atoms.